The van der Waals surface area contributed by atoms with Crippen LogP contribution in [0.25, 0.3) is 6.08 Å². The lowest BCUT2D eigenvalue weighted by Gasteiger charge is -2.21. The van der Waals surface area contributed by atoms with Crippen LogP contribution in [0, 0.1) is 0 Å². The lowest BCUT2D eigenvalue weighted by molar-refractivity contribution is -0.117. The molecule has 1 aliphatic rings. The van der Waals surface area contributed by atoms with E-state index < -0.39 is 12.1 Å². The van der Waals surface area contributed by atoms with Gasteiger partial charge in [0.05, 0.1) is 17.1 Å². The van der Waals surface area contributed by atoms with Gasteiger partial charge in [0.1, 0.15) is 6.04 Å². The fraction of sp³-hybridized carbons (Fsp3) is 0.150. The highest BCUT2D eigenvalue weighted by molar-refractivity contribution is 6.28. The summed E-state index contributed by atoms with van der Waals surface area (Å²) in [7, 11) is 0. The molecule has 2 aromatic carbocycles. The van der Waals surface area contributed by atoms with Crippen molar-refractivity contribution in [1.82, 2.24) is 0 Å². The Balaban J connectivity index is 1.99. The Morgan fingerprint density at radius 2 is 1.81 bits per heavy atom. The van der Waals surface area contributed by atoms with E-state index in [9.17, 15) is 9.59 Å². The molecule has 132 valence electrons. The summed E-state index contributed by atoms with van der Waals surface area (Å²) >= 11 is 0. The number of carbonyl (C=O) groups excluding carboxylic acids is 2. The van der Waals surface area contributed by atoms with Crippen LogP contribution >= 0.6 is 0 Å². The number of anilines is 2. The van der Waals surface area contributed by atoms with E-state index in [0.29, 0.717) is 22.6 Å². The summed E-state index contributed by atoms with van der Waals surface area (Å²) in [5, 5.41) is 12.0. The second-order valence-electron chi connectivity index (χ2n) is 6.00. The normalized spacial score (nSPS) is 17.8. The number of hydrogen-bond acceptors (Lipinski definition) is 4. The summed E-state index contributed by atoms with van der Waals surface area (Å²) in [6.07, 6.45) is 1.66. The summed E-state index contributed by atoms with van der Waals surface area (Å²) in [5.41, 5.74) is 3.06. The van der Waals surface area contributed by atoms with Crippen molar-refractivity contribution in [2.45, 2.75) is 19.9 Å². The number of benzene rings is 2. The molecule has 1 unspecified atom stereocenters. The first kappa shape index (κ1) is 17.4. The lowest BCUT2D eigenvalue weighted by Crippen LogP contribution is -2.34. The van der Waals surface area contributed by atoms with Gasteiger partial charge in [0.25, 0.3) is 5.91 Å². The zero-order valence-corrected chi connectivity index (χ0v) is 14.6. The van der Waals surface area contributed by atoms with Crippen molar-refractivity contribution in [3.05, 3.63) is 66.2 Å². The number of urea groups is 1. The Labute approximate surface area is 151 Å². The van der Waals surface area contributed by atoms with Crippen LogP contribution in [0.15, 0.2) is 60.3 Å². The highest BCUT2D eigenvalue weighted by Gasteiger charge is 2.44. The third kappa shape index (κ3) is 2.75. The Morgan fingerprint density at radius 3 is 2.42 bits per heavy atom. The van der Waals surface area contributed by atoms with Crippen molar-refractivity contribution < 1.29 is 14.8 Å². The maximum atomic E-state index is 13.0. The Morgan fingerprint density at radius 1 is 1.15 bits per heavy atom. The van der Waals surface area contributed by atoms with Crippen molar-refractivity contribution >= 4 is 35.1 Å². The molecule has 1 aliphatic heterocycles. The van der Waals surface area contributed by atoms with Crippen LogP contribution in [0.5, 0.6) is 0 Å². The van der Waals surface area contributed by atoms with Gasteiger partial charge >= 0.3 is 6.03 Å². The minimum atomic E-state index is -0.621. The molecule has 0 bridgehead atoms. The van der Waals surface area contributed by atoms with Gasteiger partial charge in [0, 0.05) is 0 Å². The zero-order valence-electron chi connectivity index (χ0n) is 14.6. The number of para-hydroxylation sites is 1. The maximum Gasteiger partial charge on any atom is 0.336 e. The summed E-state index contributed by atoms with van der Waals surface area (Å²) in [6.45, 7) is 7.14. The number of rotatable bonds is 4. The third-order valence-electron chi connectivity index (χ3n) is 4.47. The fourth-order valence-electron chi connectivity index (χ4n) is 3.00. The number of nitrogens with zero attached hydrogens (tertiary/aromatic N) is 3. The fourth-order valence-corrected chi connectivity index (χ4v) is 3.00. The molecule has 2 aromatic rings. The molecule has 1 heterocycles. The molecule has 0 aromatic heterocycles. The van der Waals surface area contributed by atoms with Crippen LogP contribution in [-0.4, -0.2) is 28.9 Å². The van der Waals surface area contributed by atoms with E-state index in [1.54, 1.807) is 50.3 Å². The Kier molecular flexibility index (Phi) is 4.58. The van der Waals surface area contributed by atoms with E-state index in [-0.39, 0.29) is 5.91 Å². The number of hydrogen-bond donors (Lipinski definition) is 1. The van der Waals surface area contributed by atoms with Gasteiger partial charge in [-0.05, 0) is 43.2 Å². The van der Waals surface area contributed by atoms with E-state index in [0.717, 1.165) is 5.56 Å². The number of oxime groups is 1. The maximum absolute atomic E-state index is 13.0. The van der Waals surface area contributed by atoms with Gasteiger partial charge in [-0.3, -0.25) is 9.69 Å². The molecule has 0 aliphatic carbocycles. The second kappa shape index (κ2) is 6.84. The minimum Gasteiger partial charge on any atom is -0.411 e. The summed E-state index contributed by atoms with van der Waals surface area (Å²) in [5.74, 6) is -0.297. The largest absolute Gasteiger partial charge is 0.411 e. The first-order valence-electron chi connectivity index (χ1n) is 8.17. The Hall–Kier alpha value is -3.41. The quantitative estimate of drug-likeness (QED) is 0.394. The predicted molar refractivity (Wildman–Crippen MR) is 102 cm³/mol. The van der Waals surface area contributed by atoms with Crippen LogP contribution < -0.4 is 9.80 Å². The topological polar surface area (TPSA) is 73.2 Å². The number of imide groups is 1. The summed E-state index contributed by atoms with van der Waals surface area (Å²) < 4.78 is 0. The van der Waals surface area contributed by atoms with Crippen molar-refractivity contribution in [2.24, 2.45) is 5.16 Å². The Bertz CT molecular complexity index is 903. The SMILES string of the molecule is C=Cc1ccccc1N1C(=O)N(c2ccc(/C(C)=N/O)cc2)C(=O)C1C. The molecule has 0 saturated carbocycles. The minimum absolute atomic E-state index is 0.297. The molecule has 1 fully saturated rings. The highest BCUT2D eigenvalue weighted by Crippen LogP contribution is 2.32. The van der Waals surface area contributed by atoms with Gasteiger partial charge in [0.2, 0.25) is 0 Å². The van der Waals surface area contributed by atoms with E-state index in [1.807, 2.05) is 18.2 Å². The molecule has 0 spiro atoms. The third-order valence-corrected chi connectivity index (χ3v) is 4.47. The van der Waals surface area contributed by atoms with Crippen LogP contribution in [0.4, 0.5) is 16.2 Å². The van der Waals surface area contributed by atoms with Gasteiger partial charge in [-0.15, -0.1) is 0 Å². The molecule has 1 saturated heterocycles. The molecular weight excluding hydrogens is 330 g/mol. The van der Waals surface area contributed by atoms with Crippen molar-refractivity contribution in [3.63, 3.8) is 0 Å². The number of amides is 3. The van der Waals surface area contributed by atoms with E-state index in [4.69, 9.17) is 5.21 Å². The summed E-state index contributed by atoms with van der Waals surface area (Å²) in [6, 6.07) is 13.0. The van der Waals surface area contributed by atoms with Crippen molar-refractivity contribution in [3.8, 4) is 0 Å². The molecular formula is C20H19N3O3. The lowest BCUT2D eigenvalue weighted by atomic mass is 10.1. The molecule has 3 rings (SSSR count). The van der Waals surface area contributed by atoms with Crippen molar-refractivity contribution in [2.75, 3.05) is 9.80 Å². The van der Waals surface area contributed by atoms with Crippen LogP contribution in [0.1, 0.15) is 25.0 Å². The molecule has 6 nitrogen and oxygen atoms in total. The standard InChI is InChI=1S/C20H19N3O3/c1-4-15-7-5-6-8-18(15)22-14(3)19(24)23(20(22)25)17-11-9-16(10-12-17)13(2)21-26/h4-12,14,26H,1H2,2-3H3/b21-13+. The first-order chi connectivity index (χ1) is 12.5. The highest BCUT2D eigenvalue weighted by atomic mass is 16.4. The molecule has 1 N–H and O–H groups in total. The monoisotopic (exact) mass is 349 g/mol. The smallest absolute Gasteiger partial charge is 0.336 e. The van der Waals surface area contributed by atoms with Crippen LogP contribution in [-0.2, 0) is 4.79 Å². The van der Waals surface area contributed by atoms with Gasteiger partial charge in [0.15, 0.2) is 0 Å². The van der Waals surface area contributed by atoms with Gasteiger partial charge in [-0.2, -0.15) is 0 Å². The number of carbonyl (C=O) groups is 2. The van der Waals surface area contributed by atoms with E-state index >= 15 is 0 Å². The van der Waals surface area contributed by atoms with Crippen LogP contribution in [0.3, 0.4) is 0 Å². The summed E-state index contributed by atoms with van der Waals surface area (Å²) in [4.78, 5) is 28.4. The predicted octanol–water partition coefficient (Wildman–Crippen LogP) is 3.89. The molecule has 3 amide bonds. The van der Waals surface area contributed by atoms with Gasteiger partial charge in [-0.25, -0.2) is 9.69 Å². The average molecular weight is 349 g/mol. The first-order valence-corrected chi connectivity index (χ1v) is 8.17. The van der Waals surface area contributed by atoms with Gasteiger partial charge < -0.3 is 5.21 Å². The molecule has 0 radical (unpaired) electrons. The zero-order chi connectivity index (χ0) is 18.8. The van der Waals surface area contributed by atoms with Crippen LogP contribution in [0.2, 0.25) is 0 Å². The van der Waals surface area contributed by atoms with Gasteiger partial charge in [-0.1, -0.05) is 48.1 Å². The van der Waals surface area contributed by atoms with Crippen molar-refractivity contribution in [1.29, 1.82) is 0 Å². The van der Waals surface area contributed by atoms with E-state index in [2.05, 4.69) is 11.7 Å². The molecule has 1 atom stereocenters. The average Bonchev–Trinajstić information content (AvgIpc) is 2.90. The molecule has 6 heteroatoms. The van der Waals surface area contributed by atoms with E-state index in [1.165, 1.54) is 9.80 Å². The second-order valence-corrected chi connectivity index (χ2v) is 6.00. The molecule has 26 heavy (non-hydrogen) atoms.